The van der Waals surface area contributed by atoms with Crippen molar-refractivity contribution in [2.24, 2.45) is 0 Å². The van der Waals surface area contributed by atoms with Gasteiger partial charge in [-0.05, 0) is 17.7 Å². The van der Waals surface area contributed by atoms with Crippen LogP contribution in [0.15, 0.2) is 18.2 Å². The first-order valence-electron chi connectivity index (χ1n) is 8.41. The Morgan fingerprint density at radius 3 is 2.56 bits per heavy atom. The molecule has 0 N–H and O–H groups in total. The van der Waals surface area contributed by atoms with E-state index in [9.17, 15) is 4.79 Å². The van der Waals surface area contributed by atoms with Crippen molar-refractivity contribution < 1.29 is 28.5 Å². The van der Waals surface area contributed by atoms with Gasteiger partial charge < -0.3 is 23.7 Å². The van der Waals surface area contributed by atoms with Crippen molar-refractivity contribution >= 4 is 5.97 Å². The molecule has 0 radical (unpaired) electrons. The smallest absolute Gasteiger partial charge is 0.319 e. The molecule has 2 fully saturated rings. The Morgan fingerprint density at radius 2 is 1.92 bits per heavy atom. The average molecular weight is 351 g/mol. The summed E-state index contributed by atoms with van der Waals surface area (Å²) < 4.78 is 27.4. The fourth-order valence-corrected chi connectivity index (χ4v) is 3.56. The monoisotopic (exact) mass is 351 g/mol. The summed E-state index contributed by atoms with van der Waals surface area (Å²) in [6.45, 7) is 2.13. The molecule has 0 aromatic heterocycles. The summed E-state index contributed by atoms with van der Waals surface area (Å²) >= 11 is 0. The molecular weight excluding hydrogens is 326 g/mol. The fourth-order valence-electron chi connectivity index (χ4n) is 3.56. The Morgan fingerprint density at radius 1 is 1.20 bits per heavy atom. The molecule has 1 aromatic carbocycles. The molecule has 2 heterocycles. The number of nitrogens with zero attached hydrogens (tertiary/aromatic N) is 1. The number of esters is 1. The average Bonchev–Trinajstić information content (AvgIpc) is 3.10. The van der Waals surface area contributed by atoms with Crippen LogP contribution in [0.25, 0.3) is 0 Å². The summed E-state index contributed by atoms with van der Waals surface area (Å²) in [5.74, 6) is 0.509. The molecule has 3 rings (SSSR count). The molecule has 7 nitrogen and oxygen atoms in total. The molecule has 2 aliphatic heterocycles. The summed E-state index contributed by atoms with van der Waals surface area (Å²) in [5, 5.41) is 0. The highest BCUT2D eigenvalue weighted by Gasteiger charge is 2.45. The van der Waals surface area contributed by atoms with Gasteiger partial charge in [-0.25, -0.2) is 0 Å². The van der Waals surface area contributed by atoms with Crippen LogP contribution in [0.2, 0.25) is 0 Å². The molecule has 1 spiro atoms. The maximum absolute atomic E-state index is 11.8. The summed E-state index contributed by atoms with van der Waals surface area (Å²) in [5.41, 5.74) is 1.03. The van der Waals surface area contributed by atoms with Gasteiger partial charge in [-0.1, -0.05) is 6.07 Å². The van der Waals surface area contributed by atoms with E-state index < -0.39 is 5.79 Å². The SMILES string of the molecule is COC(=O)CN1CCC2(C[C@H]1c1ccc(OC)c(OC)c1)OCCO2. The number of carbonyl (C=O) groups excluding carboxylic acids is 1. The van der Waals surface area contributed by atoms with Crippen molar-refractivity contribution in [1.29, 1.82) is 0 Å². The van der Waals surface area contributed by atoms with E-state index in [-0.39, 0.29) is 18.6 Å². The second kappa shape index (κ2) is 7.59. The number of hydrogen-bond donors (Lipinski definition) is 0. The lowest BCUT2D eigenvalue weighted by atomic mass is 9.90. The Kier molecular flexibility index (Phi) is 5.46. The first kappa shape index (κ1) is 18.0. The Hall–Kier alpha value is -1.83. The van der Waals surface area contributed by atoms with Crippen molar-refractivity contribution in [3.63, 3.8) is 0 Å². The molecule has 0 bridgehead atoms. The van der Waals surface area contributed by atoms with Crippen LogP contribution in [-0.4, -0.2) is 64.3 Å². The van der Waals surface area contributed by atoms with Crippen molar-refractivity contribution in [1.82, 2.24) is 4.90 Å². The zero-order valence-electron chi connectivity index (χ0n) is 14.9. The molecule has 2 saturated heterocycles. The van der Waals surface area contributed by atoms with E-state index in [1.807, 2.05) is 18.2 Å². The number of piperidine rings is 1. The second-order valence-corrected chi connectivity index (χ2v) is 6.24. The minimum absolute atomic E-state index is 0.0363. The lowest BCUT2D eigenvalue weighted by Crippen LogP contribution is -2.48. The second-order valence-electron chi connectivity index (χ2n) is 6.24. The number of carbonyl (C=O) groups is 1. The van der Waals surface area contributed by atoms with Crippen LogP contribution in [0.3, 0.4) is 0 Å². The molecule has 138 valence electrons. The third-order valence-corrected chi connectivity index (χ3v) is 4.89. The van der Waals surface area contributed by atoms with Crippen molar-refractivity contribution in [3.05, 3.63) is 23.8 Å². The Bertz CT molecular complexity index is 614. The first-order chi connectivity index (χ1) is 12.1. The lowest BCUT2D eigenvalue weighted by Gasteiger charge is -2.43. The van der Waals surface area contributed by atoms with E-state index in [1.165, 1.54) is 7.11 Å². The largest absolute Gasteiger partial charge is 0.493 e. The van der Waals surface area contributed by atoms with Gasteiger partial charge in [-0.2, -0.15) is 0 Å². The number of rotatable bonds is 5. The molecule has 0 aliphatic carbocycles. The number of ether oxygens (including phenoxy) is 5. The van der Waals surface area contributed by atoms with Crippen LogP contribution in [0.1, 0.15) is 24.4 Å². The highest BCUT2D eigenvalue weighted by Crippen LogP contribution is 2.43. The first-order valence-corrected chi connectivity index (χ1v) is 8.41. The van der Waals surface area contributed by atoms with Gasteiger partial charge in [0.25, 0.3) is 0 Å². The van der Waals surface area contributed by atoms with Crippen LogP contribution in [0.4, 0.5) is 0 Å². The molecular formula is C18H25NO6. The minimum atomic E-state index is -0.565. The predicted molar refractivity (Wildman–Crippen MR) is 89.7 cm³/mol. The van der Waals surface area contributed by atoms with Crippen molar-refractivity contribution in [2.45, 2.75) is 24.7 Å². The number of methoxy groups -OCH3 is 3. The molecule has 0 saturated carbocycles. The molecule has 1 aromatic rings. The highest BCUT2D eigenvalue weighted by atomic mass is 16.7. The van der Waals surface area contributed by atoms with Crippen LogP contribution in [0, 0.1) is 0 Å². The minimum Gasteiger partial charge on any atom is -0.493 e. The van der Waals surface area contributed by atoms with E-state index >= 15 is 0 Å². The molecule has 0 unspecified atom stereocenters. The van der Waals surface area contributed by atoms with E-state index in [0.717, 1.165) is 12.0 Å². The van der Waals surface area contributed by atoms with Gasteiger partial charge in [0.15, 0.2) is 17.3 Å². The predicted octanol–water partition coefficient (Wildman–Crippen LogP) is 1.76. The van der Waals surface area contributed by atoms with Gasteiger partial charge in [0.1, 0.15) is 0 Å². The van der Waals surface area contributed by atoms with Gasteiger partial charge >= 0.3 is 5.97 Å². The fraction of sp³-hybridized carbons (Fsp3) is 0.611. The van der Waals surface area contributed by atoms with Gasteiger partial charge in [0, 0.05) is 25.4 Å². The summed E-state index contributed by atoms with van der Waals surface area (Å²) in [6.07, 6.45) is 1.38. The molecule has 1 atom stereocenters. The van der Waals surface area contributed by atoms with Gasteiger partial charge in [0.05, 0.1) is 41.1 Å². The van der Waals surface area contributed by atoms with E-state index in [2.05, 4.69) is 4.90 Å². The lowest BCUT2D eigenvalue weighted by molar-refractivity contribution is -0.199. The zero-order chi connectivity index (χ0) is 17.9. The van der Waals surface area contributed by atoms with Crippen molar-refractivity contribution in [2.75, 3.05) is 47.6 Å². The maximum atomic E-state index is 11.8. The normalized spacial score (nSPS) is 22.8. The summed E-state index contributed by atoms with van der Waals surface area (Å²) in [6, 6.07) is 5.78. The molecule has 25 heavy (non-hydrogen) atoms. The van der Waals surface area contributed by atoms with Crippen LogP contribution < -0.4 is 9.47 Å². The maximum Gasteiger partial charge on any atom is 0.319 e. The third-order valence-electron chi connectivity index (χ3n) is 4.89. The summed E-state index contributed by atoms with van der Waals surface area (Å²) in [4.78, 5) is 13.9. The van der Waals surface area contributed by atoms with Crippen molar-refractivity contribution in [3.8, 4) is 11.5 Å². The van der Waals surface area contributed by atoms with Crippen LogP contribution >= 0.6 is 0 Å². The Labute approximate surface area is 147 Å². The van der Waals surface area contributed by atoms with E-state index in [0.29, 0.717) is 37.7 Å². The summed E-state index contributed by atoms with van der Waals surface area (Å²) in [7, 11) is 4.62. The van der Waals surface area contributed by atoms with Gasteiger partial charge in [0.2, 0.25) is 0 Å². The third kappa shape index (κ3) is 3.73. The van der Waals surface area contributed by atoms with Crippen LogP contribution in [0.5, 0.6) is 11.5 Å². The zero-order valence-corrected chi connectivity index (χ0v) is 14.9. The number of likely N-dealkylation sites (tertiary alicyclic amines) is 1. The molecule has 7 heteroatoms. The molecule has 2 aliphatic rings. The quantitative estimate of drug-likeness (QED) is 0.749. The van der Waals surface area contributed by atoms with Crippen LogP contribution in [-0.2, 0) is 19.0 Å². The van der Waals surface area contributed by atoms with Gasteiger partial charge in [-0.15, -0.1) is 0 Å². The molecule has 0 amide bonds. The van der Waals surface area contributed by atoms with Gasteiger partial charge in [-0.3, -0.25) is 9.69 Å². The van der Waals surface area contributed by atoms with E-state index in [1.54, 1.807) is 14.2 Å². The Balaban J connectivity index is 1.89. The number of benzene rings is 1. The number of hydrogen-bond acceptors (Lipinski definition) is 7. The van der Waals surface area contributed by atoms with E-state index in [4.69, 9.17) is 23.7 Å². The topological polar surface area (TPSA) is 66.5 Å². The standard InChI is InChI=1S/C18H25NO6/c1-21-15-5-4-13(10-16(15)22-2)14-11-18(24-8-9-25-18)6-7-19(14)12-17(20)23-3/h4-5,10,14H,6-9,11-12H2,1-3H3/t14-/m0/s1. The highest BCUT2D eigenvalue weighted by molar-refractivity contribution is 5.71.